The summed E-state index contributed by atoms with van der Waals surface area (Å²) in [6.07, 6.45) is 5.80. The number of anilines is 1. The maximum absolute atomic E-state index is 14.2. The van der Waals surface area contributed by atoms with Crippen molar-refractivity contribution < 1.29 is 23.4 Å². The molecule has 2 aromatic heterocycles. The number of oxazole rings is 1. The van der Waals surface area contributed by atoms with Gasteiger partial charge >= 0.3 is 5.97 Å². The number of carboxylic acids is 1. The van der Waals surface area contributed by atoms with Gasteiger partial charge in [0.1, 0.15) is 12.1 Å². The van der Waals surface area contributed by atoms with Gasteiger partial charge in [0.05, 0.1) is 25.1 Å². The number of halogens is 1. The highest BCUT2D eigenvalue weighted by molar-refractivity contribution is 5.68. The fourth-order valence-corrected chi connectivity index (χ4v) is 3.98. The molecular formula is C24H26FN3O4. The average Bonchev–Trinajstić information content (AvgIpc) is 3.26. The highest BCUT2D eigenvalue weighted by Gasteiger charge is 2.24. The molecule has 0 saturated carbocycles. The summed E-state index contributed by atoms with van der Waals surface area (Å²) in [7, 11) is 1.38. The van der Waals surface area contributed by atoms with Gasteiger partial charge in [-0.2, -0.15) is 0 Å². The van der Waals surface area contributed by atoms with E-state index in [1.807, 2.05) is 0 Å². The van der Waals surface area contributed by atoms with Crippen molar-refractivity contribution in [1.29, 1.82) is 0 Å². The lowest BCUT2D eigenvalue weighted by Gasteiger charge is -2.17. The highest BCUT2D eigenvalue weighted by atomic mass is 19.1. The molecule has 2 N–H and O–H groups in total. The Bertz CT molecular complexity index is 1100. The van der Waals surface area contributed by atoms with Crippen molar-refractivity contribution in [3.8, 4) is 5.75 Å². The van der Waals surface area contributed by atoms with E-state index < -0.39 is 17.7 Å². The fourth-order valence-electron chi connectivity index (χ4n) is 3.98. The lowest BCUT2D eigenvalue weighted by atomic mass is 9.95. The molecule has 168 valence electrons. The van der Waals surface area contributed by atoms with Crippen molar-refractivity contribution in [2.24, 2.45) is 0 Å². The number of aliphatic carboxylic acids is 1. The zero-order valence-electron chi connectivity index (χ0n) is 17.9. The van der Waals surface area contributed by atoms with Gasteiger partial charge in [-0.1, -0.05) is 12.1 Å². The molecule has 1 atom stereocenters. The van der Waals surface area contributed by atoms with Crippen LogP contribution < -0.4 is 10.1 Å². The van der Waals surface area contributed by atoms with Gasteiger partial charge in [0.15, 0.2) is 11.6 Å². The van der Waals surface area contributed by atoms with Crippen molar-refractivity contribution in [3.63, 3.8) is 0 Å². The summed E-state index contributed by atoms with van der Waals surface area (Å²) >= 11 is 0. The van der Waals surface area contributed by atoms with Crippen LogP contribution in [0.25, 0.3) is 0 Å². The van der Waals surface area contributed by atoms with E-state index in [9.17, 15) is 14.3 Å². The number of ether oxygens (including phenoxy) is 1. The van der Waals surface area contributed by atoms with Gasteiger partial charge < -0.3 is 19.6 Å². The number of hydrogen-bond acceptors (Lipinski definition) is 6. The Hall–Kier alpha value is -3.42. The Balaban J connectivity index is 1.42. The van der Waals surface area contributed by atoms with Gasteiger partial charge in [0.2, 0.25) is 5.89 Å². The van der Waals surface area contributed by atoms with E-state index in [0.29, 0.717) is 12.0 Å². The van der Waals surface area contributed by atoms with Crippen LogP contribution in [0.4, 0.5) is 10.2 Å². The predicted molar refractivity (Wildman–Crippen MR) is 117 cm³/mol. The Labute approximate surface area is 185 Å². The molecule has 0 saturated heterocycles. The molecule has 7 nitrogen and oxygen atoms in total. The van der Waals surface area contributed by atoms with Crippen molar-refractivity contribution in [1.82, 2.24) is 9.97 Å². The van der Waals surface area contributed by atoms with Crippen molar-refractivity contribution in [3.05, 3.63) is 70.8 Å². The number of pyridine rings is 1. The maximum Gasteiger partial charge on any atom is 0.304 e. The summed E-state index contributed by atoms with van der Waals surface area (Å²) < 4.78 is 24.7. The van der Waals surface area contributed by atoms with E-state index in [-0.39, 0.29) is 18.1 Å². The summed E-state index contributed by atoms with van der Waals surface area (Å²) in [6, 6.07) is 8.59. The van der Waals surface area contributed by atoms with E-state index in [1.54, 1.807) is 12.3 Å². The molecular weight excluding hydrogens is 413 g/mol. The lowest BCUT2D eigenvalue weighted by molar-refractivity contribution is -0.137. The first-order valence-electron chi connectivity index (χ1n) is 10.8. The number of aromatic nitrogens is 2. The Morgan fingerprint density at radius 2 is 2.09 bits per heavy atom. The number of rotatable bonds is 9. The molecule has 4 rings (SSSR count). The third-order valence-electron chi connectivity index (χ3n) is 5.64. The number of carbonyl (C=O) groups is 1. The number of aryl methyl sites for hydroxylation is 3. The van der Waals surface area contributed by atoms with E-state index in [2.05, 4.69) is 22.4 Å². The first-order chi connectivity index (χ1) is 15.5. The number of benzene rings is 1. The molecule has 8 heteroatoms. The summed E-state index contributed by atoms with van der Waals surface area (Å²) in [4.78, 5) is 20.6. The van der Waals surface area contributed by atoms with Crippen LogP contribution in [0.5, 0.6) is 5.75 Å². The third-order valence-corrected chi connectivity index (χ3v) is 5.64. The van der Waals surface area contributed by atoms with Crippen molar-refractivity contribution in [2.75, 3.05) is 19.0 Å². The summed E-state index contributed by atoms with van der Waals surface area (Å²) in [5, 5.41) is 12.7. The number of fused-ring (bicyclic) bond motifs is 1. The largest absolute Gasteiger partial charge is 0.494 e. The maximum atomic E-state index is 14.2. The summed E-state index contributed by atoms with van der Waals surface area (Å²) in [6.45, 7) is 0.959. The molecule has 3 aromatic rings. The first-order valence-corrected chi connectivity index (χ1v) is 10.8. The van der Waals surface area contributed by atoms with Crippen LogP contribution in [0.1, 0.15) is 53.6 Å². The van der Waals surface area contributed by atoms with Crippen LogP contribution in [-0.2, 0) is 24.1 Å². The second-order valence-electron chi connectivity index (χ2n) is 7.92. The van der Waals surface area contributed by atoms with Gasteiger partial charge in [-0.3, -0.25) is 4.79 Å². The monoisotopic (exact) mass is 439 g/mol. The zero-order chi connectivity index (χ0) is 22.5. The van der Waals surface area contributed by atoms with Gasteiger partial charge in [0, 0.05) is 12.2 Å². The Morgan fingerprint density at radius 3 is 2.88 bits per heavy atom. The third kappa shape index (κ3) is 5.07. The first kappa shape index (κ1) is 21.8. The van der Waals surface area contributed by atoms with Crippen LogP contribution in [0.15, 0.2) is 41.0 Å². The van der Waals surface area contributed by atoms with Gasteiger partial charge in [-0.05, 0) is 61.4 Å². The minimum Gasteiger partial charge on any atom is -0.494 e. The van der Waals surface area contributed by atoms with Gasteiger partial charge in [-0.15, -0.1) is 0 Å². The number of carboxylic acid groups (broad SMARTS) is 1. The van der Waals surface area contributed by atoms with E-state index in [4.69, 9.17) is 14.1 Å². The molecule has 0 aliphatic carbocycles. The molecule has 3 heterocycles. The van der Waals surface area contributed by atoms with Gasteiger partial charge in [-0.25, -0.2) is 14.4 Å². The number of hydrogen-bond donors (Lipinski definition) is 2. The fraction of sp³-hybridized carbons (Fsp3) is 0.375. The van der Waals surface area contributed by atoms with Crippen LogP contribution in [-0.4, -0.2) is 34.7 Å². The predicted octanol–water partition coefficient (Wildman–Crippen LogP) is 4.36. The molecule has 0 spiro atoms. The second kappa shape index (κ2) is 9.80. The molecule has 0 bridgehead atoms. The second-order valence-corrected chi connectivity index (χ2v) is 7.92. The van der Waals surface area contributed by atoms with Gasteiger partial charge in [0.25, 0.3) is 0 Å². The number of methoxy groups -OCH3 is 1. The standard InChI is InChI=1S/C24H26FN3O4/c1-31-21-10-8-16(12-20(21)25)19(13-22(29)30)24-28-18(14-32-24)6-2-5-17-9-7-15-4-3-11-26-23(15)27-17/h7-10,12,14,19H,2-6,11,13H2,1H3,(H,26,27)(H,29,30). The summed E-state index contributed by atoms with van der Waals surface area (Å²) in [5.74, 6) is -0.905. The zero-order valence-corrected chi connectivity index (χ0v) is 17.9. The smallest absolute Gasteiger partial charge is 0.304 e. The lowest BCUT2D eigenvalue weighted by Crippen LogP contribution is -2.14. The molecule has 32 heavy (non-hydrogen) atoms. The van der Waals surface area contributed by atoms with E-state index >= 15 is 0 Å². The van der Waals surface area contributed by atoms with Crippen LogP contribution >= 0.6 is 0 Å². The van der Waals surface area contributed by atoms with E-state index in [1.165, 1.54) is 24.8 Å². The quantitative estimate of drug-likeness (QED) is 0.511. The highest BCUT2D eigenvalue weighted by Crippen LogP contribution is 2.31. The molecule has 1 unspecified atom stereocenters. The molecule has 0 fully saturated rings. The normalized spacial score (nSPS) is 13.8. The van der Waals surface area contributed by atoms with Crippen molar-refractivity contribution in [2.45, 2.75) is 44.4 Å². The van der Waals surface area contributed by atoms with Crippen LogP contribution in [0.2, 0.25) is 0 Å². The number of nitrogens with one attached hydrogen (secondary N) is 1. The van der Waals surface area contributed by atoms with Crippen LogP contribution in [0.3, 0.4) is 0 Å². The SMILES string of the molecule is COc1ccc(C(CC(=O)O)c2nc(CCCc3ccc4c(n3)NCCC4)co2)cc1F. The van der Waals surface area contributed by atoms with Crippen molar-refractivity contribution >= 4 is 11.8 Å². The minimum atomic E-state index is -1.02. The number of nitrogens with zero attached hydrogens (tertiary/aromatic N) is 2. The van der Waals surface area contributed by atoms with Crippen LogP contribution in [0, 0.1) is 5.82 Å². The Kier molecular flexibility index (Phi) is 6.68. The molecule has 0 amide bonds. The molecule has 0 radical (unpaired) electrons. The van der Waals surface area contributed by atoms with E-state index in [0.717, 1.165) is 49.4 Å². The molecule has 1 aliphatic rings. The topological polar surface area (TPSA) is 97.5 Å². The minimum absolute atomic E-state index is 0.0990. The molecule has 1 aromatic carbocycles. The molecule has 1 aliphatic heterocycles. The average molecular weight is 439 g/mol. The Morgan fingerprint density at radius 1 is 1.25 bits per heavy atom. The summed E-state index contributed by atoms with van der Waals surface area (Å²) in [5.41, 5.74) is 3.50.